The standard InChI is InChI=1S/C18H17Cl3N2O2/c1-11(24)23-17(12-2-5-14(19)6-3-12)9-18(25)22-10-13-4-7-15(20)8-16(13)21/h2-8,17H,9-10H2,1H3,(H,22,25)(H,23,24). The molecule has 0 aliphatic heterocycles. The van der Waals surface area contributed by atoms with Gasteiger partial charge in [-0.2, -0.15) is 0 Å². The van der Waals surface area contributed by atoms with E-state index in [-0.39, 0.29) is 24.8 Å². The highest BCUT2D eigenvalue weighted by Crippen LogP contribution is 2.22. The molecule has 25 heavy (non-hydrogen) atoms. The summed E-state index contributed by atoms with van der Waals surface area (Å²) in [5, 5.41) is 7.19. The Balaban J connectivity index is 2.01. The average Bonchev–Trinajstić information content (AvgIpc) is 2.53. The molecule has 2 amide bonds. The number of benzene rings is 2. The third-order valence-corrected chi connectivity index (χ3v) is 4.37. The van der Waals surface area contributed by atoms with Crippen molar-refractivity contribution < 1.29 is 9.59 Å². The van der Waals surface area contributed by atoms with Gasteiger partial charge in [-0.25, -0.2) is 0 Å². The topological polar surface area (TPSA) is 58.2 Å². The first-order valence-electron chi connectivity index (χ1n) is 7.58. The van der Waals surface area contributed by atoms with Gasteiger partial charge in [0, 0.05) is 28.5 Å². The molecule has 0 aliphatic rings. The van der Waals surface area contributed by atoms with E-state index in [2.05, 4.69) is 10.6 Å². The largest absolute Gasteiger partial charge is 0.352 e. The molecule has 2 N–H and O–H groups in total. The Bertz CT molecular complexity index is 763. The Labute approximate surface area is 161 Å². The molecule has 0 aromatic heterocycles. The van der Waals surface area contributed by atoms with E-state index in [0.29, 0.717) is 15.1 Å². The third kappa shape index (κ3) is 6.24. The number of hydrogen-bond donors (Lipinski definition) is 2. The zero-order chi connectivity index (χ0) is 18.4. The number of hydrogen-bond acceptors (Lipinski definition) is 2. The van der Waals surface area contributed by atoms with Crippen molar-refractivity contribution in [2.75, 3.05) is 0 Å². The van der Waals surface area contributed by atoms with Crippen LogP contribution in [0.25, 0.3) is 0 Å². The second kappa shape index (κ2) is 9.09. The van der Waals surface area contributed by atoms with E-state index >= 15 is 0 Å². The van der Waals surface area contributed by atoms with Crippen molar-refractivity contribution >= 4 is 46.6 Å². The number of carbonyl (C=O) groups excluding carboxylic acids is 2. The quantitative estimate of drug-likeness (QED) is 0.749. The molecule has 0 saturated carbocycles. The monoisotopic (exact) mass is 398 g/mol. The zero-order valence-electron chi connectivity index (χ0n) is 13.5. The molecule has 4 nitrogen and oxygen atoms in total. The van der Waals surface area contributed by atoms with Crippen LogP contribution in [0.3, 0.4) is 0 Å². The van der Waals surface area contributed by atoms with Crippen molar-refractivity contribution in [1.29, 1.82) is 0 Å². The van der Waals surface area contributed by atoms with Gasteiger partial charge in [0.1, 0.15) is 0 Å². The van der Waals surface area contributed by atoms with Crippen molar-refractivity contribution in [3.63, 3.8) is 0 Å². The van der Waals surface area contributed by atoms with Crippen molar-refractivity contribution in [3.8, 4) is 0 Å². The number of amides is 2. The fourth-order valence-corrected chi connectivity index (χ4v) is 2.91. The molecule has 0 fully saturated rings. The molecule has 2 aromatic rings. The molecule has 7 heteroatoms. The van der Waals surface area contributed by atoms with E-state index in [9.17, 15) is 9.59 Å². The van der Waals surface area contributed by atoms with Crippen LogP contribution in [0.1, 0.15) is 30.5 Å². The Hall–Kier alpha value is -1.75. The molecule has 132 valence electrons. The summed E-state index contributed by atoms with van der Waals surface area (Å²) in [5.74, 6) is -0.423. The highest BCUT2D eigenvalue weighted by molar-refractivity contribution is 6.35. The van der Waals surface area contributed by atoms with Gasteiger partial charge < -0.3 is 10.6 Å². The minimum absolute atomic E-state index is 0.104. The van der Waals surface area contributed by atoms with Crippen LogP contribution in [0.2, 0.25) is 15.1 Å². The lowest BCUT2D eigenvalue weighted by Gasteiger charge is -2.18. The SMILES string of the molecule is CC(=O)NC(CC(=O)NCc1ccc(Cl)cc1Cl)c1ccc(Cl)cc1. The lowest BCUT2D eigenvalue weighted by atomic mass is 10.0. The zero-order valence-corrected chi connectivity index (χ0v) is 15.8. The van der Waals surface area contributed by atoms with Gasteiger partial charge in [-0.1, -0.05) is 53.0 Å². The molecular formula is C18H17Cl3N2O2. The fourth-order valence-electron chi connectivity index (χ4n) is 2.31. The van der Waals surface area contributed by atoms with Gasteiger partial charge in [0.25, 0.3) is 0 Å². The Morgan fingerprint density at radius 1 is 1.00 bits per heavy atom. The van der Waals surface area contributed by atoms with Gasteiger partial charge in [0.2, 0.25) is 11.8 Å². The van der Waals surface area contributed by atoms with Crippen LogP contribution in [0.5, 0.6) is 0 Å². The minimum atomic E-state index is -0.435. The van der Waals surface area contributed by atoms with E-state index in [1.165, 1.54) is 6.92 Å². The number of halogens is 3. The molecule has 0 aliphatic carbocycles. The minimum Gasteiger partial charge on any atom is -0.352 e. The first kappa shape index (κ1) is 19.6. The number of carbonyl (C=O) groups is 2. The van der Waals surface area contributed by atoms with Crippen LogP contribution in [0.4, 0.5) is 0 Å². The first-order chi connectivity index (χ1) is 11.8. The Morgan fingerprint density at radius 2 is 1.64 bits per heavy atom. The summed E-state index contributed by atoms with van der Waals surface area (Å²) in [6, 6.07) is 11.7. The Kier molecular flexibility index (Phi) is 7.12. The molecular weight excluding hydrogens is 383 g/mol. The van der Waals surface area contributed by atoms with Gasteiger partial charge in [0.05, 0.1) is 12.5 Å². The molecule has 0 saturated heterocycles. The predicted octanol–water partition coefficient (Wildman–Crippen LogP) is 4.53. The van der Waals surface area contributed by atoms with Crippen LogP contribution >= 0.6 is 34.8 Å². The average molecular weight is 400 g/mol. The molecule has 0 spiro atoms. The number of nitrogens with one attached hydrogen (secondary N) is 2. The van der Waals surface area contributed by atoms with Crippen molar-refractivity contribution in [2.24, 2.45) is 0 Å². The molecule has 1 unspecified atom stereocenters. The normalized spacial score (nSPS) is 11.7. The molecule has 0 bridgehead atoms. The van der Waals surface area contributed by atoms with Gasteiger partial charge in [-0.05, 0) is 35.4 Å². The van der Waals surface area contributed by atoms with Crippen molar-refractivity contribution in [1.82, 2.24) is 10.6 Å². The van der Waals surface area contributed by atoms with Gasteiger partial charge in [0.15, 0.2) is 0 Å². The first-order valence-corrected chi connectivity index (χ1v) is 8.71. The maximum Gasteiger partial charge on any atom is 0.222 e. The molecule has 0 radical (unpaired) electrons. The predicted molar refractivity (Wildman–Crippen MR) is 101 cm³/mol. The lowest BCUT2D eigenvalue weighted by molar-refractivity contribution is -0.122. The summed E-state index contributed by atoms with van der Waals surface area (Å²) in [4.78, 5) is 23.7. The summed E-state index contributed by atoms with van der Waals surface area (Å²) in [6.07, 6.45) is 0.104. The van der Waals surface area contributed by atoms with Gasteiger partial charge in [-0.3, -0.25) is 9.59 Å². The van der Waals surface area contributed by atoms with Crippen molar-refractivity contribution in [3.05, 3.63) is 68.7 Å². The third-order valence-electron chi connectivity index (χ3n) is 3.53. The highest BCUT2D eigenvalue weighted by atomic mass is 35.5. The second-order valence-electron chi connectivity index (χ2n) is 5.52. The van der Waals surface area contributed by atoms with Crippen molar-refractivity contribution in [2.45, 2.75) is 25.9 Å². The van der Waals surface area contributed by atoms with E-state index in [1.54, 1.807) is 42.5 Å². The summed E-state index contributed by atoms with van der Waals surface area (Å²) >= 11 is 17.8. The lowest BCUT2D eigenvalue weighted by Crippen LogP contribution is -2.32. The van der Waals surface area contributed by atoms with Gasteiger partial charge in [-0.15, -0.1) is 0 Å². The van der Waals surface area contributed by atoms with Crippen LogP contribution < -0.4 is 10.6 Å². The summed E-state index contributed by atoms with van der Waals surface area (Å²) in [5.41, 5.74) is 1.57. The second-order valence-corrected chi connectivity index (χ2v) is 6.80. The summed E-state index contributed by atoms with van der Waals surface area (Å²) in [7, 11) is 0. The Morgan fingerprint density at radius 3 is 2.24 bits per heavy atom. The molecule has 0 heterocycles. The number of rotatable bonds is 6. The van der Waals surface area contributed by atoms with E-state index in [4.69, 9.17) is 34.8 Å². The molecule has 2 rings (SSSR count). The fraction of sp³-hybridized carbons (Fsp3) is 0.222. The maximum absolute atomic E-state index is 12.3. The summed E-state index contributed by atoms with van der Waals surface area (Å²) < 4.78 is 0. The molecule has 1 atom stereocenters. The van der Waals surface area contributed by atoms with E-state index in [1.807, 2.05) is 0 Å². The van der Waals surface area contributed by atoms with Crippen LogP contribution in [0, 0.1) is 0 Å². The van der Waals surface area contributed by atoms with Crippen LogP contribution in [-0.2, 0) is 16.1 Å². The molecule has 2 aromatic carbocycles. The summed E-state index contributed by atoms with van der Waals surface area (Å²) in [6.45, 7) is 1.69. The van der Waals surface area contributed by atoms with E-state index in [0.717, 1.165) is 11.1 Å². The van der Waals surface area contributed by atoms with Crippen LogP contribution in [-0.4, -0.2) is 11.8 Å². The van der Waals surface area contributed by atoms with Crippen LogP contribution in [0.15, 0.2) is 42.5 Å². The van der Waals surface area contributed by atoms with E-state index < -0.39 is 6.04 Å². The highest BCUT2D eigenvalue weighted by Gasteiger charge is 2.17. The van der Waals surface area contributed by atoms with Gasteiger partial charge >= 0.3 is 0 Å². The smallest absolute Gasteiger partial charge is 0.222 e. The maximum atomic E-state index is 12.3.